The lowest BCUT2D eigenvalue weighted by molar-refractivity contribution is -0.132. The quantitative estimate of drug-likeness (QED) is 0.545. The van der Waals surface area contributed by atoms with Crippen LogP contribution >= 0.6 is 0 Å². The van der Waals surface area contributed by atoms with E-state index >= 15 is 0 Å². The van der Waals surface area contributed by atoms with Crippen LogP contribution in [0.25, 0.3) is 16.8 Å². The van der Waals surface area contributed by atoms with Gasteiger partial charge in [0.1, 0.15) is 6.33 Å². The third kappa shape index (κ3) is 2.81. The van der Waals surface area contributed by atoms with Crippen molar-refractivity contribution in [3.8, 4) is 17.0 Å². The van der Waals surface area contributed by atoms with E-state index in [1.807, 2.05) is 30.3 Å². The Morgan fingerprint density at radius 3 is 2.75 bits per heavy atom. The molecule has 0 saturated heterocycles. The number of benzene rings is 1. The smallest absolute Gasteiger partial charge is 0.309 e. The fraction of sp³-hybridized carbons (Fsp3) is 0.111. The molecule has 6 heteroatoms. The molecule has 120 valence electrons. The molecule has 0 radical (unpaired) electrons. The van der Waals surface area contributed by atoms with Crippen molar-refractivity contribution in [2.75, 3.05) is 0 Å². The number of aromatic nitrogens is 3. The van der Waals surface area contributed by atoms with Crippen molar-refractivity contribution in [2.45, 2.75) is 13.3 Å². The molecule has 0 aliphatic rings. The average molecular weight is 321 g/mol. The summed E-state index contributed by atoms with van der Waals surface area (Å²) in [5.41, 5.74) is 1.85. The number of rotatable bonds is 4. The Kier molecular flexibility index (Phi) is 4.20. The van der Waals surface area contributed by atoms with E-state index in [4.69, 9.17) is 4.74 Å². The first kappa shape index (κ1) is 15.6. The monoisotopic (exact) mass is 321 g/mol. The van der Waals surface area contributed by atoms with Gasteiger partial charge >= 0.3 is 5.97 Å². The SMILES string of the molecule is C=CCc1c(OC(C)=O)nc2c(-c3ccccc3)cncn2c1=O. The molecule has 24 heavy (non-hydrogen) atoms. The standard InChI is InChI=1S/C18H15N3O3/c1-3-7-14-17(24-12(2)22)20-16-15(13-8-5-4-6-9-13)10-19-11-21(16)18(14)23/h3-6,8-11H,1,7H2,2H3. The molecule has 0 atom stereocenters. The Morgan fingerprint density at radius 2 is 2.08 bits per heavy atom. The van der Waals surface area contributed by atoms with Crippen LogP contribution in [0.1, 0.15) is 12.5 Å². The van der Waals surface area contributed by atoms with E-state index in [1.165, 1.54) is 17.7 Å². The van der Waals surface area contributed by atoms with Crippen molar-refractivity contribution in [3.05, 3.63) is 71.4 Å². The fourth-order valence-corrected chi connectivity index (χ4v) is 2.44. The third-order valence-corrected chi connectivity index (χ3v) is 3.47. The minimum atomic E-state index is -0.535. The van der Waals surface area contributed by atoms with Crippen LogP contribution in [0.5, 0.6) is 5.88 Å². The molecule has 6 nitrogen and oxygen atoms in total. The molecule has 3 aromatic rings. The minimum Gasteiger partial charge on any atom is -0.407 e. The van der Waals surface area contributed by atoms with Crippen molar-refractivity contribution >= 4 is 11.6 Å². The molecule has 2 aromatic heterocycles. The number of nitrogens with zero attached hydrogens (tertiary/aromatic N) is 3. The Balaban J connectivity index is 2.34. The van der Waals surface area contributed by atoms with Gasteiger partial charge in [-0.3, -0.25) is 9.59 Å². The van der Waals surface area contributed by atoms with E-state index in [0.29, 0.717) is 11.2 Å². The highest BCUT2D eigenvalue weighted by Gasteiger charge is 2.17. The summed E-state index contributed by atoms with van der Waals surface area (Å²) < 4.78 is 6.50. The van der Waals surface area contributed by atoms with Gasteiger partial charge in [-0.1, -0.05) is 36.4 Å². The largest absolute Gasteiger partial charge is 0.407 e. The van der Waals surface area contributed by atoms with Gasteiger partial charge in [-0.15, -0.1) is 6.58 Å². The summed E-state index contributed by atoms with van der Waals surface area (Å²) in [6, 6.07) is 9.46. The number of esters is 1. The van der Waals surface area contributed by atoms with Gasteiger partial charge in [-0.2, -0.15) is 4.98 Å². The molecular weight excluding hydrogens is 306 g/mol. The van der Waals surface area contributed by atoms with Crippen LogP contribution in [0.2, 0.25) is 0 Å². The molecule has 0 unspecified atom stereocenters. The van der Waals surface area contributed by atoms with Crippen molar-refractivity contribution in [1.29, 1.82) is 0 Å². The molecule has 3 rings (SSSR count). The molecule has 0 aliphatic carbocycles. The predicted molar refractivity (Wildman–Crippen MR) is 89.9 cm³/mol. The third-order valence-electron chi connectivity index (χ3n) is 3.47. The van der Waals surface area contributed by atoms with Gasteiger partial charge in [-0.25, -0.2) is 9.38 Å². The molecule has 1 aromatic carbocycles. The second kappa shape index (κ2) is 6.45. The molecule has 2 heterocycles. The minimum absolute atomic E-state index is 0.00998. The number of allylic oxidation sites excluding steroid dienone is 1. The lowest BCUT2D eigenvalue weighted by Crippen LogP contribution is -2.23. The summed E-state index contributed by atoms with van der Waals surface area (Å²) >= 11 is 0. The van der Waals surface area contributed by atoms with Crippen LogP contribution in [0, 0.1) is 0 Å². The van der Waals surface area contributed by atoms with E-state index in [0.717, 1.165) is 5.56 Å². The van der Waals surface area contributed by atoms with Gasteiger partial charge in [0.2, 0.25) is 5.88 Å². The Labute approximate surface area is 138 Å². The van der Waals surface area contributed by atoms with E-state index in [2.05, 4.69) is 16.5 Å². The van der Waals surface area contributed by atoms with E-state index in [9.17, 15) is 9.59 Å². The zero-order valence-corrected chi connectivity index (χ0v) is 13.1. The highest BCUT2D eigenvalue weighted by atomic mass is 16.5. The summed E-state index contributed by atoms with van der Waals surface area (Å²) in [6.45, 7) is 4.90. The number of ether oxygens (including phenoxy) is 1. The number of carbonyl (C=O) groups is 1. The molecule has 0 saturated carbocycles. The molecule has 0 aliphatic heterocycles. The Hall–Kier alpha value is -3.28. The van der Waals surface area contributed by atoms with Gasteiger partial charge in [0.25, 0.3) is 5.56 Å². The Bertz CT molecular complexity index is 978. The summed E-state index contributed by atoms with van der Waals surface area (Å²) in [5, 5.41) is 0. The van der Waals surface area contributed by atoms with Crippen molar-refractivity contribution in [3.63, 3.8) is 0 Å². The number of hydrogen-bond donors (Lipinski definition) is 0. The normalized spacial score (nSPS) is 10.5. The first-order valence-electron chi connectivity index (χ1n) is 7.35. The highest BCUT2D eigenvalue weighted by Crippen LogP contribution is 2.24. The zero-order valence-electron chi connectivity index (χ0n) is 13.1. The van der Waals surface area contributed by atoms with Crippen LogP contribution < -0.4 is 10.3 Å². The lowest BCUT2D eigenvalue weighted by Gasteiger charge is -2.11. The lowest BCUT2D eigenvalue weighted by atomic mass is 10.1. The summed E-state index contributed by atoms with van der Waals surface area (Å²) in [4.78, 5) is 32.6. The van der Waals surface area contributed by atoms with Crippen LogP contribution in [0.3, 0.4) is 0 Å². The van der Waals surface area contributed by atoms with Gasteiger partial charge in [-0.05, 0) is 5.56 Å². The highest BCUT2D eigenvalue weighted by molar-refractivity contribution is 5.77. The molecule has 0 spiro atoms. The van der Waals surface area contributed by atoms with Gasteiger partial charge in [0, 0.05) is 25.1 Å². The second-order valence-electron chi connectivity index (χ2n) is 5.15. The molecule has 0 fully saturated rings. The van der Waals surface area contributed by atoms with Crippen LogP contribution in [0.4, 0.5) is 0 Å². The number of carbonyl (C=O) groups excluding carboxylic acids is 1. The van der Waals surface area contributed by atoms with E-state index in [-0.39, 0.29) is 23.4 Å². The Morgan fingerprint density at radius 1 is 1.33 bits per heavy atom. The first-order chi connectivity index (χ1) is 11.6. The maximum atomic E-state index is 12.7. The topological polar surface area (TPSA) is 73.6 Å². The van der Waals surface area contributed by atoms with E-state index < -0.39 is 5.97 Å². The van der Waals surface area contributed by atoms with E-state index in [1.54, 1.807) is 12.3 Å². The number of fused-ring (bicyclic) bond motifs is 1. The van der Waals surface area contributed by atoms with Gasteiger partial charge < -0.3 is 4.74 Å². The fourth-order valence-electron chi connectivity index (χ4n) is 2.44. The maximum Gasteiger partial charge on any atom is 0.309 e. The van der Waals surface area contributed by atoms with Crippen molar-refractivity contribution in [1.82, 2.24) is 14.4 Å². The summed E-state index contributed by atoms with van der Waals surface area (Å²) in [6.07, 6.45) is 4.84. The number of hydrogen-bond acceptors (Lipinski definition) is 5. The average Bonchev–Trinajstić information content (AvgIpc) is 2.58. The molecule has 0 N–H and O–H groups in total. The molecular formula is C18H15N3O3. The van der Waals surface area contributed by atoms with Gasteiger partial charge in [0.15, 0.2) is 5.65 Å². The molecule has 0 amide bonds. The van der Waals surface area contributed by atoms with Gasteiger partial charge in [0.05, 0.1) is 5.56 Å². The predicted octanol–water partition coefficient (Wildman–Crippen LogP) is 2.41. The molecule has 0 bridgehead atoms. The van der Waals surface area contributed by atoms with Crippen LogP contribution in [-0.2, 0) is 11.2 Å². The summed E-state index contributed by atoms with van der Waals surface area (Å²) in [5.74, 6) is -0.525. The second-order valence-corrected chi connectivity index (χ2v) is 5.15. The first-order valence-corrected chi connectivity index (χ1v) is 7.35. The maximum absolute atomic E-state index is 12.7. The van der Waals surface area contributed by atoms with Crippen molar-refractivity contribution in [2.24, 2.45) is 0 Å². The van der Waals surface area contributed by atoms with Crippen LogP contribution in [-0.4, -0.2) is 20.3 Å². The zero-order chi connectivity index (χ0) is 17.1. The van der Waals surface area contributed by atoms with Crippen LogP contribution in [0.15, 0.2) is 60.3 Å². The van der Waals surface area contributed by atoms with Crippen molar-refractivity contribution < 1.29 is 9.53 Å². The summed E-state index contributed by atoms with van der Waals surface area (Å²) in [7, 11) is 0.